The number of hydrogen-bond acceptors (Lipinski definition) is 8. The molecule has 4 rings (SSSR count). The first-order valence-electron chi connectivity index (χ1n) is 11.6. The van der Waals surface area contributed by atoms with Crippen molar-refractivity contribution < 1.29 is 19.0 Å². The van der Waals surface area contributed by atoms with Gasteiger partial charge in [-0.15, -0.1) is 5.10 Å². The van der Waals surface area contributed by atoms with Crippen LogP contribution >= 0.6 is 0 Å². The molecule has 2 aromatic carbocycles. The minimum atomic E-state index is -0.337. The quantitative estimate of drug-likeness (QED) is 0.382. The number of nitrogens with zero attached hydrogens (tertiary/aromatic N) is 4. The molecule has 36 heavy (non-hydrogen) atoms. The zero-order chi connectivity index (χ0) is 25.9. The molecule has 0 bridgehead atoms. The Morgan fingerprint density at radius 2 is 1.83 bits per heavy atom. The standard InChI is InChI=1S/C26H30N6O4/c1-6-35-18-10-11-20-19(13-18)25(32-23(34-5)14-21(27)31-32)29-24(28-20)16-8-7-9-17(12-16)36-15-22(33)30-26(2,3)4/h7-14H,6,15H2,1-5H3,(H2,27,31)(H,30,33). The number of nitrogens with one attached hydrogen (secondary N) is 1. The van der Waals surface area contributed by atoms with Gasteiger partial charge in [0.05, 0.1) is 19.2 Å². The van der Waals surface area contributed by atoms with Crippen LogP contribution in [0.2, 0.25) is 0 Å². The number of methoxy groups -OCH3 is 1. The van der Waals surface area contributed by atoms with Crippen LogP contribution in [-0.2, 0) is 4.79 Å². The first-order valence-corrected chi connectivity index (χ1v) is 11.6. The van der Waals surface area contributed by atoms with E-state index in [0.717, 1.165) is 5.39 Å². The van der Waals surface area contributed by atoms with E-state index in [9.17, 15) is 4.79 Å². The number of amides is 1. The van der Waals surface area contributed by atoms with E-state index >= 15 is 0 Å². The molecule has 1 amide bonds. The second-order valence-corrected chi connectivity index (χ2v) is 9.12. The summed E-state index contributed by atoms with van der Waals surface area (Å²) in [6.45, 7) is 8.09. The first kappa shape index (κ1) is 24.8. The van der Waals surface area contributed by atoms with Crippen molar-refractivity contribution in [3.8, 4) is 34.6 Å². The number of ether oxygens (including phenoxy) is 3. The molecule has 2 heterocycles. The summed E-state index contributed by atoms with van der Waals surface area (Å²) >= 11 is 0. The molecule has 10 nitrogen and oxygen atoms in total. The minimum absolute atomic E-state index is 0.103. The molecule has 0 aliphatic carbocycles. The van der Waals surface area contributed by atoms with E-state index in [1.54, 1.807) is 25.3 Å². The van der Waals surface area contributed by atoms with E-state index in [2.05, 4.69) is 10.4 Å². The van der Waals surface area contributed by atoms with Crippen molar-refractivity contribution in [1.82, 2.24) is 25.1 Å². The lowest BCUT2D eigenvalue weighted by Crippen LogP contribution is -2.43. The third-order valence-corrected chi connectivity index (χ3v) is 5.04. The molecular weight excluding hydrogens is 460 g/mol. The summed E-state index contributed by atoms with van der Waals surface area (Å²) in [5.41, 5.74) is 7.01. The Morgan fingerprint density at radius 1 is 1.06 bits per heavy atom. The fourth-order valence-corrected chi connectivity index (χ4v) is 3.64. The second-order valence-electron chi connectivity index (χ2n) is 9.12. The maximum atomic E-state index is 12.2. The molecule has 2 aromatic heterocycles. The zero-order valence-electron chi connectivity index (χ0n) is 21.0. The van der Waals surface area contributed by atoms with Crippen molar-refractivity contribution in [1.29, 1.82) is 0 Å². The predicted octanol–water partition coefficient (Wildman–Crippen LogP) is 3.77. The topological polar surface area (TPSA) is 126 Å². The van der Waals surface area contributed by atoms with Crippen LogP contribution in [0.1, 0.15) is 27.7 Å². The molecule has 0 unspecified atom stereocenters. The smallest absolute Gasteiger partial charge is 0.258 e. The largest absolute Gasteiger partial charge is 0.494 e. The van der Waals surface area contributed by atoms with Gasteiger partial charge in [0.2, 0.25) is 5.88 Å². The molecular formula is C26H30N6O4. The van der Waals surface area contributed by atoms with Crippen molar-refractivity contribution in [2.75, 3.05) is 26.1 Å². The zero-order valence-corrected chi connectivity index (χ0v) is 21.0. The Bertz CT molecular complexity index is 1390. The average molecular weight is 491 g/mol. The van der Waals surface area contributed by atoms with Gasteiger partial charge in [0.15, 0.2) is 18.2 Å². The van der Waals surface area contributed by atoms with Crippen molar-refractivity contribution in [2.45, 2.75) is 33.2 Å². The summed E-state index contributed by atoms with van der Waals surface area (Å²) in [4.78, 5) is 21.7. The molecule has 4 aromatic rings. The number of benzene rings is 2. The van der Waals surface area contributed by atoms with Gasteiger partial charge in [-0.1, -0.05) is 12.1 Å². The fraction of sp³-hybridized carbons (Fsp3) is 0.308. The van der Waals surface area contributed by atoms with Crippen LogP contribution in [-0.4, -0.2) is 51.5 Å². The van der Waals surface area contributed by atoms with Crippen LogP contribution < -0.4 is 25.3 Å². The van der Waals surface area contributed by atoms with Crippen LogP contribution in [0.15, 0.2) is 48.5 Å². The highest BCUT2D eigenvalue weighted by atomic mass is 16.5. The number of anilines is 1. The van der Waals surface area contributed by atoms with Crippen LogP contribution in [0.4, 0.5) is 5.82 Å². The van der Waals surface area contributed by atoms with E-state index in [0.29, 0.717) is 52.5 Å². The van der Waals surface area contributed by atoms with Gasteiger partial charge in [0, 0.05) is 22.6 Å². The minimum Gasteiger partial charge on any atom is -0.494 e. The maximum Gasteiger partial charge on any atom is 0.258 e. The summed E-state index contributed by atoms with van der Waals surface area (Å²) in [6.07, 6.45) is 0. The van der Waals surface area contributed by atoms with Crippen molar-refractivity contribution in [3.63, 3.8) is 0 Å². The molecule has 3 N–H and O–H groups in total. The first-order chi connectivity index (χ1) is 17.2. The molecule has 0 atom stereocenters. The summed E-state index contributed by atoms with van der Waals surface area (Å²) in [6, 6.07) is 14.5. The van der Waals surface area contributed by atoms with Gasteiger partial charge in [-0.25, -0.2) is 9.97 Å². The number of fused-ring (bicyclic) bond motifs is 1. The molecule has 0 aliphatic rings. The predicted molar refractivity (Wildman–Crippen MR) is 138 cm³/mol. The van der Waals surface area contributed by atoms with Gasteiger partial charge in [0.1, 0.15) is 17.3 Å². The number of carbonyl (C=O) groups excluding carboxylic acids is 1. The summed E-state index contributed by atoms with van der Waals surface area (Å²) in [5.74, 6) is 2.67. The highest BCUT2D eigenvalue weighted by molar-refractivity contribution is 5.88. The number of nitrogen functional groups attached to an aromatic ring is 1. The molecule has 10 heteroatoms. The Hall–Kier alpha value is -4.34. The van der Waals surface area contributed by atoms with E-state index in [-0.39, 0.29) is 18.1 Å². The number of rotatable bonds is 8. The SMILES string of the molecule is CCOc1ccc2nc(-c3cccc(OCC(=O)NC(C)(C)C)c3)nc(-n3nc(N)cc3OC)c2c1. The molecule has 0 saturated heterocycles. The number of hydrogen-bond donors (Lipinski definition) is 2. The lowest BCUT2D eigenvalue weighted by molar-refractivity contribution is -0.124. The van der Waals surface area contributed by atoms with Crippen LogP contribution in [0, 0.1) is 0 Å². The van der Waals surface area contributed by atoms with Crippen LogP contribution in [0.5, 0.6) is 17.4 Å². The van der Waals surface area contributed by atoms with Crippen molar-refractivity contribution in [2.24, 2.45) is 0 Å². The normalized spacial score (nSPS) is 11.4. The lowest BCUT2D eigenvalue weighted by Gasteiger charge is -2.20. The molecule has 188 valence electrons. The Labute approximate surface area is 209 Å². The van der Waals surface area contributed by atoms with Crippen molar-refractivity contribution in [3.05, 3.63) is 48.5 Å². The maximum absolute atomic E-state index is 12.2. The monoisotopic (exact) mass is 490 g/mol. The van der Waals surface area contributed by atoms with E-state index in [1.165, 1.54) is 4.68 Å². The molecule has 0 saturated carbocycles. The third-order valence-electron chi connectivity index (χ3n) is 5.04. The molecule has 0 aliphatic heterocycles. The van der Waals surface area contributed by atoms with E-state index < -0.39 is 0 Å². The van der Waals surface area contributed by atoms with Gasteiger partial charge in [0.25, 0.3) is 5.91 Å². The molecule has 0 spiro atoms. The highest BCUT2D eigenvalue weighted by Gasteiger charge is 2.18. The average Bonchev–Trinajstić information content (AvgIpc) is 3.22. The second kappa shape index (κ2) is 10.1. The van der Waals surface area contributed by atoms with Crippen LogP contribution in [0.25, 0.3) is 28.1 Å². The van der Waals surface area contributed by atoms with Crippen LogP contribution in [0.3, 0.4) is 0 Å². The summed E-state index contributed by atoms with van der Waals surface area (Å²) in [7, 11) is 1.54. The van der Waals surface area contributed by atoms with Gasteiger partial charge in [-0.3, -0.25) is 4.79 Å². The Kier molecular flexibility index (Phi) is 6.96. The van der Waals surface area contributed by atoms with E-state index in [4.69, 9.17) is 29.9 Å². The van der Waals surface area contributed by atoms with Gasteiger partial charge in [-0.05, 0) is 58.0 Å². The summed E-state index contributed by atoms with van der Waals surface area (Å²) < 4.78 is 18.4. The number of carbonyl (C=O) groups is 1. The lowest BCUT2D eigenvalue weighted by atomic mass is 10.1. The number of nitrogens with two attached hydrogens (primary N) is 1. The molecule has 0 fully saturated rings. The Balaban J connectivity index is 1.75. The van der Waals surface area contributed by atoms with Crippen molar-refractivity contribution >= 4 is 22.6 Å². The fourth-order valence-electron chi connectivity index (χ4n) is 3.64. The summed E-state index contributed by atoms with van der Waals surface area (Å²) in [5, 5.41) is 7.97. The van der Waals surface area contributed by atoms with Gasteiger partial charge in [-0.2, -0.15) is 4.68 Å². The molecule has 0 radical (unpaired) electrons. The van der Waals surface area contributed by atoms with Gasteiger partial charge < -0.3 is 25.3 Å². The number of aromatic nitrogens is 4. The highest BCUT2D eigenvalue weighted by Crippen LogP contribution is 2.31. The Morgan fingerprint density at radius 3 is 2.56 bits per heavy atom. The third kappa shape index (κ3) is 5.65. The van der Waals surface area contributed by atoms with Gasteiger partial charge >= 0.3 is 0 Å². The van der Waals surface area contributed by atoms with E-state index in [1.807, 2.05) is 58.0 Å².